The van der Waals surface area contributed by atoms with E-state index in [2.05, 4.69) is 0 Å². The first-order valence-electron chi connectivity index (χ1n) is 6.56. The third-order valence-corrected chi connectivity index (χ3v) is 3.35. The largest absolute Gasteiger partial charge is 0.508 e. The average molecular weight is 348 g/mol. The molecule has 9 heteroatoms. The second-order valence-corrected chi connectivity index (χ2v) is 5.72. The normalized spacial score (nSPS) is 14.1. The molecule has 0 aliphatic heterocycles. The summed E-state index contributed by atoms with van der Waals surface area (Å²) in [5.41, 5.74) is 10.5. The summed E-state index contributed by atoms with van der Waals surface area (Å²) in [6.07, 6.45) is 2.05. The van der Waals surface area contributed by atoms with Crippen molar-refractivity contribution < 1.29 is 29.3 Å². The first-order valence-corrected chi connectivity index (χ1v) is 7.96. The highest BCUT2D eigenvalue weighted by atomic mass is 32.2. The fourth-order valence-electron chi connectivity index (χ4n) is 1.35. The molecule has 0 heterocycles. The van der Waals surface area contributed by atoms with Gasteiger partial charge in [0.15, 0.2) is 0 Å². The third kappa shape index (κ3) is 9.01. The monoisotopic (exact) mass is 348 g/mol. The molecule has 0 amide bonds. The maximum Gasteiger partial charge on any atom is 0.356 e. The predicted octanol–water partition coefficient (Wildman–Crippen LogP) is 0.795. The molecule has 130 valence electrons. The van der Waals surface area contributed by atoms with Crippen LogP contribution in [-0.4, -0.2) is 51.1 Å². The molecule has 0 fully saturated rings. The number of aliphatic carboxylic acids is 2. The molecule has 0 aromatic heterocycles. The van der Waals surface area contributed by atoms with E-state index in [0.29, 0.717) is 12.0 Å². The van der Waals surface area contributed by atoms with E-state index in [4.69, 9.17) is 26.8 Å². The topological polar surface area (TPSA) is 147 Å². The minimum Gasteiger partial charge on any atom is -0.508 e. The van der Waals surface area contributed by atoms with Gasteiger partial charge in [0.2, 0.25) is 0 Å². The molecule has 0 saturated carbocycles. The summed E-state index contributed by atoms with van der Waals surface area (Å²) >= 11 is 1.60. The van der Waals surface area contributed by atoms with Gasteiger partial charge in [0.1, 0.15) is 11.8 Å². The van der Waals surface area contributed by atoms with Crippen LogP contribution in [0.3, 0.4) is 0 Å². The summed E-state index contributed by atoms with van der Waals surface area (Å²) in [6.45, 7) is 0. The zero-order chi connectivity index (χ0) is 18.0. The Morgan fingerprint density at radius 1 is 1.30 bits per heavy atom. The Balaban J connectivity index is 0.000000468. The number of nitrogens with two attached hydrogens (primary N) is 2. The number of alkyl halides is 1. The molecule has 0 radical (unpaired) electrons. The second kappa shape index (κ2) is 10.0. The molecule has 1 aromatic carbocycles. The first kappa shape index (κ1) is 21.2. The van der Waals surface area contributed by atoms with Crippen LogP contribution < -0.4 is 11.5 Å². The van der Waals surface area contributed by atoms with E-state index in [1.807, 2.05) is 6.26 Å². The Labute approximate surface area is 137 Å². The number of rotatable bonds is 7. The first-order chi connectivity index (χ1) is 10.6. The summed E-state index contributed by atoms with van der Waals surface area (Å²) in [6, 6.07) is 4.83. The van der Waals surface area contributed by atoms with E-state index < -0.39 is 30.2 Å². The number of carboxylic acids is 2. The van der Waals surface area contributed by atoms with Gasteiger partial charge in [-0.3, -0.25) is 10.5 Å². The Kier molecular flexibility index (Phi) is 9.23. The molecule has 0 bridgehead atoms. The van der Waals surface area contributed by atoms with Crippen molar-refractivity contribution in [3.8, 4) is 5.75 Å². The van der Waals surface area contributed by atoms with Gasteiger partial charge in [0.25, 0.3) is 5.79 Å². The van der Waals surface area contributed by atoms with Crippen molar-refractivity contribution in [1.29, 1.82) is 0 Å². The molecule has 1 rings (SSSR count). The van der Waals surface area contributed by atoms with Crippen molar-refractivity contribution in [3.63, 3.8) is 0 Å². The van der Waals surface area contributed by atoms with Crippen molar-refractivity contribution in [2.45, 2.75) is 24.7 Å². The Morgan fingerprint density at radius 3 is 2.22 bits per heavy atom. The summed E-state index contributed by atoms with van der Waals surface area (Å²) in [5, 5.41) is 25.6. The highest BCUT2D eigenvalue weighted by Gasteiger charge is 2.33. The number of thioether (sulfide) groups is 1. The molecular weight excluding hydrogens is 327 g/mol. The van der Waals surface area contributed by atoms with Gasteiger partial charge in [-0.2, -0.15) is 11.8 Å². The van der Waals surface area contributed by atoms with Gasteiger partial charge in [-0.15, -0.1) is 0 Å². The number of phenols is 1. The van der Waals surface area contributed by atoms with Crippen LogP contribution in [0.1, 0.15) is 12.0 Å². The Bertz CT molecular complexity index is 510. The predicted molar refractivity (Wildman–Crippen MR) is 86.1 cm³/mol. The van der Waals surface area contributed by atoms with Gasteiger partial charge in [-0.25, -0.2) is 9.18 Å². The van der Waals surface area contributed by atoms with Crippen LogP contribution in [0.2, 0.25) is 0 Å². The minimum atomic E-state index is -2.77. The number of benzene rings is 1. The summed E-state index contributed by atoms with van der Waals surface area (Å²) in [7, 11) is 0. The lowest BCUT2D eigenvalue weighted by molar-refractivity contribution is -0.150. The smallest absolute Gasteiger partial charge is 0.356 e. The second-order valence-electron chi connectivity index (χ2n) is 4.74. The van der Waals surface area contributed by atoms with Crippen molar-refractivity contribution in [1.82, 2.24) is 0 Å². The van der Waals surface area contributed by atoms with E-state index in [-0.39, 0.29) is 5.75 Å². The number of carbonyl (C=O) groups is 2. The molecule has 2 atom stereocenters. The maximum absolute atomic E-state index is 13.1. The average Bonchev–Trinajstić information content (AvgIpc) is 2.47. The lowest BCUT2D eigenvalue weighted by Gasteiger charge is -2.14. The third-order valence-electron chi connectivity index (χ3n) is 2.70. The van der Waals surface area contributed by atoms with Crippen molar-refractivity contribution in [2.24, 2.45) is 11.5 Å². The van der Waals surface area contributed by atoms with E-state index >= 15 is 0 Å². The number of hydrogen-bond donors (Lipinski definition) is 5. The minimum absolute atomic E-state index is 0.0329. The molecule has 0 unspecified atom stereocenters. The van der Waals surface area contributed by atoms with Gasteiger partial charge in [0.05, 0.1) is 0 Å². The summed E-state index contributed by atoms with van der Waals surface area (Å²) < 4.78 is 13.1. The van der Waals surface area contributed by atoms with Crippen LogP contribution in [0, 0.1) is 0 Å². The lowest BCUT2D eigenvalue weighted by Crippen LogP contribution is -2.45. The van der Waals surface area contributed by atoms with Gasteiger partial charge >= 0.3 is 11.9 Å². The standard InChI is InChI=1S/C9H10FNO3.C5H11NO2S/c10-9(11,8(13)14)5-6-1-3-7(12)4-2-6;1-9-3-2-4(6)5(7)8/h1-4,12H,5,11H2,(H,13,14);4H,2-3,6H2,1H3,(H,7,8)/t9-;4-/m00/s1. The van der Waals surface area contributed by atoms with Crippen LogP contribution in [0.4, 0.5) is 4.39 Å². The van der Waals surface area contributed by atoms with Gasteiger partial charge < -0.3 is 21.1 Å². The Morgan fingerprint density at radius 2 is 1.83 bits per heavy atom. The van der Waals surface area contributed by atoms with Crippen LogP contribution in [0.5, 0.6) is 5.75 Å². The highest BCUT2D eigenvalue weighted by Crippen LogP contribution is 2.16. The van der Waals surface area contributed by atoms with Crippen molar-refractivity contribution in [2.75, 3.05) is 12.0 Å². The quantitative estimate of drug-likeness (QED) is 0.455. The number of halogens is 1. The number of carboxylic acid groups (broad SMARTS) is 2. The van der Waals surface area contributed by atoms with E-state index in [0.717, 1.165) is 5.75 Å². The number of hydrogen-bond acceptors (Lipinski definition) is 6. The van der Waals surface area contributed by atoms with E-state index in [1.54, 1.807) is 11.8 Å². The van der Waals surface area contributed by atoms with Crippen LogP contribution in [-0.2, 0) is 16.0 Å². The molecule has 7 nitrogen and oxygen atoms in total. The lowest BCUT2D eigenvalue weighted by atomic mass is 10.0. The summed E-state index contributed by atoms with van der Waals surface area (Å²) in [5.74, 6) is -4.54. The highest BCUT2D eigenvalue weighted by molar-refractivity contribution is 7.98. The fraction of sp³-hybridized carbons (Fsp3) is 0.429. The van der Waals surface area contributed by atoms with Gasteiger partial charge in [0, 0.05) is 6.42 Å². The van der Waals surface area contributed by atoms with Crippen LogP contribution >= 0.6 is 11.8 Å². The van der Waals surface area contributed by atoms with E-state index in [9.17, 15) is 14.0 Å². The van der Waals surface area contributed by atoms with E-state index in [1.165, 1.54) is 24.3 Å². The molecular formula is C14H21FN2O5S. The number of aromatic hydroxyl groups is 1. The zero-order valence-electron chi connectivity index (χ0n) is 12.6. The molecule has 0 aliphatic carbocycles. The van der Waals surface area contributed by atoms with Crippen molar-refractivity contribution in [3.05, 3.63) is 29.8 Å². The SMILES string of the molecule is CSCC[C@H](N)C(=O)O.N[C@@](F)(Cc1ccc(O)cc1)C(=O)O. The summed E-state index contributed by atoms with van der Waals surface area (Å²) in [4.78, 5) is 20.4. The molecule has 0 aliphatic rings. The number of phenolic OH excluding ortho intramolecular Hbond substituents is 1. The van der Waals surface area contributed by atoms with Crippen molar-refractivity contribution >= 4 is 23.7 Å². The Hall–Kier alpha value is -1.84. The fourth-order valence-corrected chi connectivity index (χ4v) is 1.84. The van der Waals surface area contributed by atoms with Crippen LogP contribution in [0.25, 0.3) is 0 Å². The zero-order valence-corrected chi connectivity index (χ0v) is 13.4. The molecule has 7 N–H and O–H groups in total. The molecule has 0 saturated heterocycles. The van der Waals surface area contributed by atoms with Crippen LogP contribution in [0.15, 0.2) is 24.3 Å². The maximum atomic E-state index is 13.1. The van der Waals surface area contributed by atoms with Gasteiger partial charge in [-0.1, -0.05) is 12.1 Å². The molecule has 1 aromatic rings. The molecule has 0 spiro atoms. The van der Waals surface area contributed by atoms with Gasteiger partial charge in [-0.05, 0) is 36.1 Å². The molecule has 23 heavy (non-hydrogen) atoms.